The van der Waals surface area contributed by atoms with Crippen LogP contribution in [0.15, 0.2) is 11.2 Å². The zero-order chi connectivity index (χ0) is 17.1. The van der Waals surface area contributed by atoms with Gasteiger partial charge >= 0.3 is 0 Å². The van der Waals surface area contributed by atoms with Gasteiger partial charge in [0.15, 0.2) is 5.82 Å². The number of aryl methyl sites for hydroxylation is 3. The lowest BCUT2D eigenvalue weighted by molar-refractivity contribution is 0.540. The van der Waals surface area contributed by atoms with E-state index in [2.05, 4.69) is 37.7 Å². The van der Waals surface area contributed by atoms with Crippen LogP contribution in [0.3, 0.4) is 0 Å². The minimum atomic E-state index is 0.480. The molecule has 0 atom stereocenters. The first-order valence-corrected chi connectivity index (χ1v) is 8.70. The van der Waals surface area contributed by atoms with Crippen LogP contribution in [0.1, 0.15) is 37.0 Å². The van der Waals surface area contributed by atoms with Crippen LogP contribution >= 0.6 is 11.8 Å². The Morgan fingerprint density at radius 1 is 1.21 bits per heavy atom. The summed E-state index contributed by atoms with van der Waals surface area (Å²) in [5.74, 6) is 7.97. The Morgan fingerprint density at radius 2 is 2.04 bits per heavy atom. The zero-order valence-electron chi connectivity index (χ0n) is 13.9. The lowest BCUT2D eigenvalue weighted by atomic mass is 10.3. The molecular formula is C13H20N10S. The van der Waals surface area contributed by atoms with Gasteiger partial charge in [-0.05, 0) is 36.8 Å². The van der Waals surface area contributed by atoms with Crippen molar-refractivity contribution in [3.8, 4) is 5.95 Å². The molecule has 0 amide bonds. The Balaban J connectivity index is 1.73. The van der Waals surface area contributed by atoms with E-state index in [0.29, 0.717) is 16.9 Å². The van der Waals surface area contributed by atoms with Crippen molar-refractivity contribution in [3.05, 3.63) is 23.3 Å². The molecular weight excluding hydrogens is 328 g/mol. The van der Waals surface area contributed by atoms with E-state index in [0.717, 1.165) is 36.6 Å². The van der Waals surface area contributed by atoms with Gasteiger partial charge in [0.25, 0.3) is 5.95 Å². The third-order valence-corrected chi connectivity index (χ3v) is 4.44. The van der Waals surface area contributed by atoms with E-state index in [1.807, 2.05) is 24.6 Å². The number of aromatic nitrogens is 9. The van der Waals surface area contributed by atoms with Crippen LogP contribution in [-0.2, 0) is 12.3 Å². The Morgan fingerprint density at radius 3 is 2.75 bits per heavy atom. The smallest absolute Gasteiger partial charge is 0.271 e. The largest absolute Gasteiger partial charge is 0.334 e. The monoisotopic (exact) mass is 348 g/mol. The van der Waals surface area contributed by atoms with Crippen LogP contribution in [0.2, 0.25) is 0 Å². The molecule has 0 aromatic carbocycles. The Hall–Kier alpha value is -2.43. The lowest BCUT2D eigenvalue weighted by Crippen LogP contribution is -2.17. The average molecular weight is 348 g/mol. The van der Waals surface area contributed by atoms with Crippen molar-refractivity contribution in [2.75, 3.05) is 5.84 Å². The van der Waals surface area contributed by atoms with Gasteiger partial charge in [0, 0.05) is 12.2 Å². The van der Waals surface area contributed by atoms with E-state index in [4.69, 9.17) is 5.84 Å². The van der Waals surface area contributed by atoms with Crippen LogP contribution in [-0.4, -0.2) is 44.9 Å². The molecule has 0 bridgehead atoms. The SMILES string of the molecule is CCCCn1nnnc1CSc1nnc(-n2nc(C)cc2C)n1N. The standard InChI is InChI=1S/C13H20N10S/c1-4-5-6-21-11(15-19-20-21)8-24-13-17-16-12(22(13)14)23-10(3)7-9(2)18-23/h7H,4-6,8,14H2,1-3H3. The summed E-state index contributed by atoms with van der Waals surface area (Å²) in [6.45, 7) is 6.82. The van der Waals surface area contributed by atoms with E-state index >= 15 is 0 Å². The molecule has 0 saturated carbocycles. The van der Waals surface area contributed by atoms with Crippen LogP contribution in [0.5, 0.6) is 0 Å². The minimum Gasteiger partial charge on any atom is -0.334 e. The number of thioether (sulfide) groups is 1. The fraction of sp³-hybridized carbons (Fsp3) is 0.538. The molecule has 0 aliphatic rings. The molecule has 2 N–H and O–H groups in total. The molecule has 3 heterocycles. The van der Waals surface area contributed by atoms with Gasteiger partial charge in [-0.1, -0.05) is 25.1 Å². The van der Waals surface area contributed by atoms with Gasteiger partial charge in [0.05, 0.1) is 11.4 Å². The molecule has 0 aliphatic carbocycles. The fourth-order valence-corrected chi connectivity index (χ4v) is 3.07. The summed E-state index contributed by atoms with van der Waals surface area (Å²) in [5, 5.41) is 25.1. The maximum Gasteiger partial charge on any atom is 0.271 e. The van der Waals surface area contributed by atoms with Crippen molar-refractivity contribution in [2.45, 2.75) is 51.1 Å². The Labute approximate surface area is 143 Å². The van der Waals surface area contributed by atoms with Crippen molar-refractivity contribution >= 4 is 11.8 Å². The highest BCUT2D eigenvalue weighted by Gasteiger charge is 2.16. The topological polar surface area (TPSA) is 118 Å². The molecule has 3 aromatic heterocycles. The van der Waals surface area contributed by atoms with Gasteiger partial charge in [-0.2, -0.15) is 5.10 Å². The summed E-state index contributed by atoms with van der Waals surface area (Å²) in [5.41, 5.74) is 1.85. The van der Waals surface area contributed by atoms with Gasteiger partial charge in [0.2, 0.25) is 5.16 Å². The molecule has 24 heavy (non-hydrogen) atoms. The van der Waals surface area contributed by atoms with Gasteiger partial charge in [0.1, 0.15) is 0 Å². The van der Waals surface area contributed by atoms with Crippen molar-refractivity contribution in [1.29, 1.82) is 0 Å². The summed E-state index contributed by atoms with van der Waals surface area (Å²) in [6.07, 6.45) is 2.13. The summed E-state index contributed by atoms with van der Waals surface area (Å²) >= 11 is 1.44. The van der Waals surface area contributed by atoms with Gasteiger partial charge in [-0.25, -0.2) is 14.0 Å². The zero-order valence-corrected chi connectivity index (χ0v) is 14.7. The maximum atomic E-state index is 6.12. The van der Waals surface area contributed by atoms with Gasteiger partial charge in [-0.15, -0.1) is 15.3 Å². The second kappa shape index (κ2) is 6.99. The molecule has 0 radical (unpaired) electrons. The number of unbranched alkanes of at least 4 members (excludes halogenated alkanes) is 1. The molecule has 11 heteroatoms. The highest BCUT2D eigenvalue weighted by atomic mass is 32.2. The first-order valence-electron chi connectivity index (χ1n) is 7.72. The first kappa shape index (κ1) is 16.4. The van der Waals surface area contributed by atoms with E-state index < -0.39 is 0 Å². The normalized spacial score (nSPS) is 11.3. The van der Waals surface area contributed by atoms with Crippen LogP contribution < -0.4 is 5.84 Å². The van der Waals surface area contributed by atoms with E-state index in [1.54, 1.807) is 4.68 Å². The van der Waals surface area contributed by atoms with Crippen molar-refractivity contribution in [2.24, 2.45) is 0 Å². The van der Waals surface area contributed by atoms with Gasteiger partial charge < -0.3 is 5.84 Å². The summed E-state index contributed by atoms with van der Waals surface area (Å²) in [7, 11) is 0. The molecule has 3 aromatic rings. The Kier molecular flexibility index (Phi) is 4.79. The number of hydrogen-bond acceptors (Lipinski definition) is 8. The molecule has 0 saturated heterocycles. The lowest BCUT2D eigenvalue weighted by Gasteiger charge is -2.05. The molecule has 10 nitrogen and oxygen atoms in total. The summed E-state index contributed by atoms with van der Waals surface area (Å²) in [4.78, 5) is 0. The predicted octanol–water partition coefficient (Wildman–Crippen LogP) is 0.873. The summed E-state index contributed by atoms with van der Waals surface area (Å²) < 4.78 is 4.93. The van der Waals surface area contributed by atoms with E-state index in [1.165, 1.54) is 16.4 Å². The number of tetrazole rings is 1. The maximum absolute atomic E-state index is 6.12. The minimum absolute atomic E-state index is 0.480. The molecule has 0 aliphatic heterocycles. The van der Waals surface area contributed by atoms with E-state index in [-0.39, 0.29) is 0 Å². The van der Waals surface area contributed by atoms with Crippen LogP contribution in [0.25, 0.3) is 5.95 Å². The molecule has 0 fully saturated rings. The molecule has 3 rings (SSSR count). The van der Waals surface area contributed by atoms with Crippen molar-refractivity contribution in [3.63, 3.8) is 0 Å². The first-order chi connectivity index (χ1) is 11.6. The van der Waals surface area contributed by atoms with Crippen molar-refractivity contribution in [1.82, 2.24) is 44.9 Å². The average Bonchev–Trinajstić information content (AvgIpc) is 3.23. The van der Waals surface area contributed by atoms with Gasteiger partial charge in [-0.3, -0.25) is 0 Å². The molecule has 0 unspecified atom stereocenters. The highest BCUT2D eigenvalue weighted by molar-refractivity contribution is 7.98. The second-order valence-corrected chi connectivity index (χ2v) is 6.39. The third-order valence-electron chi connectivity index (χ3n) is 3.51. The summed E-state index contributed by atoms with van der Waals surface area (Å²) in [6, 6.07) is 1.96. The van der Waals surface area contributed by atoms with Crippen LogP contribution in [0.4, 0.5) is 0 Å². The number of nitrogens with two attached hydrogens (primary N) is 1. The van der Waals surface area contributed by atoms with E-state index in [9.17, 15) is 0 Å². The third kappa shape index (κ3) is 3.25. The number of nitrogens with zero attached hydrogens (tertiary/aromatic N) is 9. The second-order valence-electron chi connectivity index (χ2n) is 5.45. The fourth-order valence-electron chi connectivity index (χ4n) is 2.28. The quantitative estimate of drug-likeness (QED) is 0.493. The molecule has 128 valence electrons. The highest BCUT2D eigenvalue weighted by Crippen LogP contribution is 2.20. The number of rotatable bonds is 7. The Bertz CT molecular complexity index is 817. The van der Waals surface area contributed by atoms with Crippen LogP contribution in [0, 0.1) is 13.8 Å². The van der Waals surface area contributed by atoms with Crippen molar-refractivity contribution < 1.29 is 0 Å². The predicted molar refractivity (Wildman–Crippen MR) is 89.1 cm³/mol. The molecule has 0 spiro atoms. The number of hydrogen-bond donors (Lipinski definition) is 1. The number of nitrogen functional groups attached to an aromatic ring is 1.